The Bertz CT molecular complexity index is 949. The van der Waals surface area contributed by atoms with Crippen molar-refractivity contribution in [1.82, 2.24) is 10.3 Å². The normalized spacial score (nSPS) is 17.5. The summed E-state index contributed by atoms with van der Waals surface area (Å²) in [7, 11) is 0. The van der Waals surface area contributed by atoms with E-state index in [1.165, 1.54) is 18.2 Å². The van der Waals surface area contributed by atoms with Crippen LogP contribution in [-0.2, 0) is 6.54 Å². The number of piperazine rings is 1. The summed E-state index contributed by atoms with van der Waals surface area (Å²) in [5, 5.41) is 3.62. The van der Waals surface area contributed by atoms with Gasteiger partial charge in [0.2, 0.25) is 0 Å². The van der Waals surface area contributed by atoms with Crippen molar-refractivity contribution in [2.75, 3.05) is 24.5 Å². The second kappa shape index (κ2) is 10.1. The summed E-state index contributed by atoms with van der Waals surface area (Å²) in [6, 6.07) is 8.92. The Kier molecular flexibility index (Phi) is 7.50. The number of hydrazone groups is 1. The summed E-state index contributed by atoms with van der Waals surface area (Å²) in [5.41, 5.74) is 8.83. The van der Waals surface area contributed by atoms with Crippen molar-refractivity contribution in [2.45, 2.75) is 26.4 Å². The molecule has 31 heavy (non-hydrogen) atoms. The van der Waals surface area contributed by atoms with E-state index in [0.717, 1.165) is 17.8 Å². The summed E-state index contributed by atoms with van der Waals surface area (Å²) in [6.07, 6.45) is 1.14. The smallest absolute Gasteiger partial charge is 0.184 e. The van der Waals surface area contributed by atoms with Crippen molar-refractivity contribution < 1.29 is 13.2 Å². The molecule has 0 unspecified atom stereocenters. The van der Waals surface area contributed by atoms with E-state index in [4.69, 9.17) is 5.73 Å². The van der Waals surface area contributed by atoms with Crippen molar-refractivity contribution in [2.24, 2.45) is 16.8 Å². The fraction of sp³-hybridized carbons (Fsp3) is 0.364. The van der Waals surface area contributed by atoms with E-state index >= 15 is 0 Å². The van der Waals surface area contributed by atoms with Crippen molar-refractivity contribution >= 4 is 29.2 Å². The summed E-state index contributed by atoms with van der Waals surface area (Å²) in [6.45, 7) is 6.69. The number of rotatable bonds is 6. The Hall–Kier alpha value is -2.65. The quantitative estimate of drug-likeness (QED) is 0.401. The second-order valence-corrected chi connectivity index (χ2v) is 8.35. The lowest BCUT2D eigenvalue weighted by atomic mass is 9.98. The number of nitrogens with two attached hydrogens (primary N) is 1. The third-order valence-electron chi connectivity index (χ3n) is 5.39. The fourth-order valence-corrected chi connectivity index (χ4v) is 3.83. The molecule has 0 bridgehead atoms. The molecule has 0 amide bonds. The van der Waals surface area contributed by atoms with Gasteiger partial charge in [-0.1, -0.05) is 26.0 Å². The average molecular weight is 450 g/mol. The maximum atomic E-state index is 14.8. The molecule has 0 saturated carbocycles. The maximum absolute atomic E-state index is 14.8. The molecular formula is C22H26F3N5S. The zero-order valence-corrected chi connectivity index (χ0v) is 18.3. The molecule has 3 rings (SSSR count). The lowest BCUT2D eigenvalue weighted by Gasteiger charge is -2.44. The Morgan fingerprint density at radius 3 is 2.55 bits per heavy atom. The molecule has 166 valence electrons. The molecule has 2 aromatic carbocycles. The molecule has 3 N–H and O–H groups in total. The van der Waals surface area contributed by atoms with Crippen molar-refractivity contribution in [3.63, 3.8) is 0 Å². The van der Waals surface area contributed by atoms with Gasteiger partial charge in [-0.2, -0.15) is 5.10 Å². The molecule has 0 radical (unpaired) electrons. The highest BCUT2D eigenvalue weighted by molar-refractivity contribution is 7.80. The molecule has 1 aliphatic heterocycles. The number of halogens is 3. The van der Waals surface area contributed by atoms with Gasteiger partial charge >= 0.3 is 0 Å². The maximum Gasteiger partial charge on any atom is 0.184 e. The minimum atomic E-state index is -0.584. The van der Waals surface area contributed by atoms with Gasteiger partial charge in [0.1, 0.15) is 17.5 Å². The number of hydrogen-bond donors (Lipinski definition) is 2. The van der Waals surface area contributed by atoms with E-state index in [9.17, 15) is 13.2 Å². The third kappa shape index (κ3) is 5.95. The number of nitrogens with one attached hydrogen (secondary N) is 1. The van der Waals surface area contributed by atoms with Crippen LogP contribution < -0.4 is 16.1 Å². The Labute approximate surface area is 185 Å². The topological polar surface area (TPSA) is 56.9 Å². The van der Waals surface area contributed by atoms with E-state index in [-0.39, 0.29) is 28.2 Å². The van der Waals surface area contributed by atoms with E-state index in [0.29, 0.717) is 32.1 Å². The van der Waals surface area contributed by atoms with Crippen LogP contribution in [0.5, 0.6) is 0 Å². The highest BCUT2D eigenvalue weighted by atomic mass is 32.1. The standard InChI is InChI=1S/C22H26F3N5S/c1-14(2)21-13-30(8-7-29(21)12-15-3-5-17(23)6-4-15)20-10-18(24)16(9-19(20)25)11-27-28-22(26)31/h3-6,9-11,14,21H,7-8,12-13H2,1-2H3,(H3,26,28,31)/t21-/m1/s1. The molecule has 0 aliphatic carbocycles. The van der Waals surface area contributed by atoms with Crippen molar-refractivity contribution in [3.05, 3.63) is 65.0 Å². The zero-order chi connectivity index (χ0) is 22.5. The van der Waals surface area contributed by atoms with Crippen LogP contribution in [0.1, 0.15) is 25.0 Å². The van der Waals surface area contributed by atoms with Crippen LogP contribution in [-0.4, -0.2) is 41.9 Å². The molecule has 9 heteroatoms. The number of anilines is 1. The number of benzene rings is 2. The number of nitrogens with zero attached hydrogens (tertiary/aromatic N) is 3. The SMILES string of the molecule is CC(C)[C@H]1CN(c2cc(F)c(C=NNC(N)=S)cc2F)CCN1Cc1ccc(F)cc1. The first kappa shape index (κ1) is 23.0. The predicted molar refractivity (Wildman–Crippen MR) is 122 cm³/mol. The summed E-state index contributed by atoms with van der Waals surface area (Å²) < 4.78 is 42.6. The van der Waals surface area contributed by atoms with E-state index in [1.807, 2.05) is 4.90 Å². The van der Waals surface area contributed by atoms with Crippen molar-refractivity contribution in [3.8, 4) is 0 Å². The minimum absolute atomic E-state index is 0.000329. The van der Waals surface area contributed by atoms with Crippen LogP contribution >= 0.6 is 12.2 Å². The van der Waals surface area contributed by atoms with Gasteiger partial charge in [0.15, 0.2) is 5.11 Å². The highest BCUT2D eigenvalue weighted by Gasteiger charge is 2.30. The zero-order valence-electron chi connectivity index (χ0n) is 17.5. The van der Waals surface area contributed by atoms with Gasteiger partial charge in [-0.05, 0) is 41.9 Å². The minimum Gasteiger partial charge on any atom is -0.375 e. The van der Waals surface area contributed by atoms with E-state index in [2.05, 4.69) is 41.5 Å². The largest absolute Gasteiger partial charge is 0.375 e. The Morgan fingerprint density at radius 2 is 1.90 bits per heavy atom. The molecule has 1 aliphatic rings. The third-order valence-corrected chi connectivity index (χ3v) is 5.48. The summed E-state index contributed by atoms with van der Waals surface area (Å²) in [5.74, 6) is -1.07. The van der Waals surface area contributed by atoms with Crippen molar-refractivity contribution in [1.29, 1.82) is 0 Å². The Morgan fingerprint density at radius 1 is 1.19 bits per heavy atom. The van der Waals surface area contributed by atoms with Crippen LogP contribution in [0.3, 0.4) is 0 Å². The summed E-state index contributed by atoms with van der Waals surface area (Å²) >= 11 is 4.62. The van der Waals surface area contributed by atoms with Crippen LogP contribution in [0.2, 0.25) is 0 Å². The molecule has 5 nitrogen and oxygen atoms in total. The molecule has 1 atom stereocenters. The van der Waals surface area contributed by atoms with Gasteiger partial charge in [-0.25, -0.2) is 13.2 Å². The molecule has 1 saturated heterocycles. The first-order valence-corrected chi connectivity index (χ1v) is 10.5. The van der Waals surface area contributed by atoms with Crippen LogP contribution in [0.25, 0.3) is 0 Å². The number of thiocarbonyl (C=S) groups is 1. The van der Waals surface area contributed by atoms with Crippen LogP contribution in [0.15, 0.2) is 41.5 Å². The summed E-state index contributed by atoms with van der Waals surface area (Å²) in [4.78, 5) is 4.18. The molecule has 0 spiro atoms. The lowest BCUT2D eigenvalue weighted by Crippen LogP contribution is -2.55. The fourth-order valence-electron chi connectivity index (χ4n) is 3.78. The molecular weight excluding hydrogens is 423 g/mol. The number of hydrogen-bond acceptors (Lipinski definition) is 4. The first-order chi connectivity index (χ1) is 14.7. The van der Waals surface area contributed by atoms with Gasteiger partial charge < -0.3 is 10.6 Å². The second-order valence-electron chi connectivity index (χ2n) is 7.91. The predicted octanol–water partition coefficient (Wildman–Crippen LogP) is 3.62. The Balaban J connectivity index is 1.75. The van der Waals surface area contributed by atoms with Gasteiger partial charge in [-0.3, -0.25) is 10.3 Å². The average Bonchev–Trinajstić information content (AvgIpc) is 2.72. The van der Waals surface area contributed by atoms with Gasteiger partial charge in [0.05, 0.1) is 11.9 Å². The van der Waals surface area contributed by atoms with E-state index < -0.39 is 11.6 Å². The van der Waals surface area contributed by atoms with Gasteiger partial charge in [0.25, 0.3) is 0 Å². The lowest BCUT2D eigenvalue weighted by molar-refractivity contribution is 0.130. The van der Waals surface area contributed by atoms with E-state index in [1.54, 1.807) is 12.1 Å². The first-order valence-electron chi connectivity index (χ1n) is 10.1. The molecule has 2 aromatic rings. The molecule has 1 fully saturated rings. The molecule has 0 aromatic heterocycles. The van der Waals surface area contributed by atoms with Crippen LogP contribution in [0.4, 0.5) is 18.9 Å². The van der Waals surface area contributed by atoms with Crippen LogP contribution in [0, 0.1) is 23.4 Å². The molecule has 1 heterocycles. The van der Waals surface area contributed by atoms with Gasteiger partial charge in [-0.15, -0.1) is 0 Å². The highest BCUT2D eigenvalue weighted by Crippen LogP contribution is 2.28. The van der Waals surface area contributed by atoms with Gasteiger partial charge in [0, 0.05) is 43.9 Å². The monoisotopic (exact) mass is 449 g/mol.